The molecule has 1 saturated heterocycles. The van der Waals surface area contributed by atoms with Gasteiger partial charge in [0.2, 0.25) is 0 Å². The Morgan fingerprint density at radius 2 is 2.10 bits per heavy atom. The Morgan fingerprint density at radius 3 is 2.67 bits per heavy atom. The predicted octanol–water partition coefficient (Wildman–Crippen LogP) is -1.45. The van der Waals surface area contributed by atoms with Crippen LogP contribution < -0.4 is 11.5 Å². The second-order valence-corrected chi connectivity index (χ2v) is 6.54. The summed E-state index contributed by atoms with van der Waals surface area (Å²) in [5.41, 5.74) is 10.6. The average molecular weight is 299 g/mol. The Labute approximate surface area is 125 Å². The number of carboxylic acid groups (broad SMARTS) is 1. The SMILES string of the molecule is NCCN1C[C@@H]2C[C@@](N)(C(=O)O)[C@@H](CCCB(O)O)[C@@H]2C1. The molecule has 2 aliphatic rings. The maximum Gasteiger partial charge on any atom is 0.451 e. The van der Waals surface area contributed by atoms with Gasteiger partial charge in [-0.15, -0.1) is 0 Å². The molecule has 7 nitrogen and oxygen atoms in total. The zero-order chi connectivity index (χ0) is 15.6. The van der Waals surface area contributed by atoms with Crippen LogP contribution in [0.2, 0.25) is 6.32 Å². The number of aliphatic carboxylic acids is 1. The Kier molecular flexibility index (Phi) is 5.26. The van der Waals surface area contributed by atoms with E-state index in [0.717, 1.165) is 19.6 Å². The van der Waals surface area contributed by atoms with Crippen LogP contribution in [0.5, 0.6) is 0 Å². The van der Waals surface area contributed by atoms with E-state index >= 15 is 0 Å². The second kappa shape index (κ2) is 6.62. The van der Waals surface area contributed by atoms with Crippen molar-refractivity contribution in [2.75, 3.05) is 26.2 Å². The van der Waals surface area contributed by atoms with Gasteiger partial charge in [-0.2, -0.15) is 0 Å². The average Bonchev–Trinajstić information content (AvgIpc) is 2.87. The van der Waals surface area contributed by atoms with Gasteiger partial charge in [0.1, 0.15) is 5.54 Å². The Morgan fingerprint density at radius 1 is 1.38 bits per heavy atom. The third kappa shape index (κ3) is 3.40. The molecule has 1 aliphatic carbocycles. The van der Waals surface area contributed by atoms with Crippen molar-refractivity contribution < 1.29 is 19.9 Å². The summed E-state index contributed by atoms with van der Waals surface area (Å²) < 4.78 is 0. The van der Waals surface area contributed by atoms with E-state index in [-0.39, 0.29) is 18.2 Å². The number of nitrogens with two attached hydrogens (primary N) is 2. The minimum atomic E-state index is -1.34. The van der Waals surface area contributed by atoms with E-state index < -0.39 is 18.6 Å². The molecule has 0 aromatic rings. The number of rotatable bonds is 7. The van der Waals surface area contributed by atoms with E-state index in [1.807, 2.05) is 0 Å². The minimum absolute atomic E-state index is 0.110. The van der Waals surface area contributed by atoms with Gasteiger partial charge in [0.25, 0.3) is 0 Å². The number of nitrogens with zero attached hydrogens (tertiary/aromatic N) is 1. The van der Waals surface area contributed by atoms with Crippen molar-refractivity contribution in [3.8, 4) is 0 Å². The van der Waals surface area contributed by atoms with Crippen LogP contribution in [0.15, 0.2) is 0 Å². The van der Waals surface area contributed by atoms with Crippen molar-refractivity contribution in [3.05, 3.63) is 0 Å². The summed E-state index contributed by atoms with van der Waals surface area (Å²) in [4.78, 5) is 13.9. The Bertz CT molecular complexity index is 384. The molecule has 4 atom stereocenters. The van der Waals surface area contributed by atoms with Gasteiger partial charge in [-0.3, -0.25) is 4.79 Å². The van der Waals surface area contributed by atoms with Gasteiger partial charge in [-0.05, 0) is 36.9 Å². The topological polar surface area (TPSA) is 133 Å². The van der Waals surface area contributed by atoms with Gasteiger partial charge in [-0.25, -0.2) is 0 Å². The molecule has 120 valence electrons. The lowest BCUT2D eigenvalue weighted by Crippen LogP contribution is -2.53. The normalized spacial score (nSPS) is 35.9. The quantitative estimate of drug-likeness (QED) is 0.363. The molecule has 21 heavy (non-hydrogen) atoms. The van der Waals surface area contributed by atoms with E-state index in [1.165, 1.54) is 0 Å². The number of fused-ring (bicyclic) bond motifs is 1. The largest absolute Gasteiger partial charge is 0.480 e. The summed E-state index contributed by atoms with van der Waals surface area (Å²) in [6, 6.07) is 0. The fourth-order valence-electron chi connectivity index (χ4n) is 4.23. The lowest BCUT2D eigenvalue weighted by molar-refractivity contribution is -0.145. The van der Waals surface area contributed by atoms with E-state index in [0.29, 0.717) is 31.7 Å². The van der Waals surface area contributed by atoms with Crippen LogP contribution in [0.1, 0.15) is 19.3 Å². The fraction of sp³-hybridized carbons (Fsp3) is 0.923. The van der Waals surface area contributed by atoms with E-state index in [1.54, 1.807) is 0 Å². The molecule has 1 saturated carbocycles. The summed E-state index contributed by atoms with van der Waals surface area (Å²) in [6.45, 7) is 3.15. The van der Waals surface area contributed by atoms with Crippen molar-refractivity contribution in [1.82, 2.24) is 4.90 Å². The lowest BCUT2D eigenvalue weighted by atomic mass is 9.76. The van der Waals surface area contributed by atoms with Gasteiger partial charge < -0.3 is 31.5 Å². The molecule has 0 aromatic carbocycles. The van der Waals surface area contributed by atoms with E-state index in [4.69, 9.17) is 21.5 Å². The first kappa shape index (κ1) is 16.7. The molecule has 1 aliphatic heterocycles. The molecule has 0 unspecified atom stereocenters. The van der Waals surface area contributed by atoms with Crippen molar-refractivity contribution in [2.45, 2.75) is 31.1 Å². The highest BCUT2D eigenvalue weighted by molar-refractivity contribution is 6.40. The second-order valence-electron chi connectivity index (χ2n) is 6.54. The van der Waals surface area contributed by atoms with Crippen molar-refractivity contribution in [1.29, 1.82) is 0 Å². The van der Waals surface area contributed by atoms with Gasteiger partial charge in [0, 0.05) is 26.2 Å². The molecule has 0 spiro atoms. The van der Waals surface area contributed by atoms with Crippen LogP contribution in [-0.4, -0.2) is 64.9 Å². The summed E-state index contributed by atoms with van der Waals surface area (Å²) >= 11 is 0. The van der Waals surface area contributed by atoms with Crippen LogP contribution in [0, 0.1) is 17.8 Å². The number of likely N-dealkylation sites (tertiary alicyclic amines) is 1. The highest BCUT2D eigenvalue weighted by atomic mass is 16.4. The van der Waals surface area contributed by atoms with Crippen LogP contribution in [0.25, 0.3) is 0 Å². The zero-order valence-electron chi connectivity index (χ0n) is 12.3. The Balaban J connectivity index is 2.05. The first-order chi connectivity index (χ1) is 9.88. The van der Waals surface area contributed by atoms with Crippen LogP contribution in [0.4, 0.5) is 0 Å². The van der Waals surface area contributed by atoms with E-state index in [2.05, 4.69) is 4.90 Å². The molecule has 0 amide bonds. The molecule has 0 bridgehead atoms. The third-order valence-corrected chi connectivity index (χ3v) is 5.17. The van der Waals surface area contributed by atoms with Gasteiger partial charge in [0.05, 0.1) is 0 Å². The van der Waals surface area contributed by atoms with Gasteiger partial charge in [-0.1, -0.05) is 6.42 Å². The molecule has 2 rings (SSSR count). The third-order valence-electron chi connectivity index (χ3n) is 5.17. The monoisotopic (exact) mass is 299 g/mol. The minimum Gasteiger partial charge on any atom is -0.480 e. The van der Waals surface area contributed by atoms with Crippen LogP contribution >= 0.6 is 0 Å². The molecule has 7 N–H and O–H groups in total. The van der Waals surface area contributed by atoms with Crippen molar-refractivity contribution in [2.24, 2.45) is 29.2 Å². The maximum absolute atomic E-state index is 11.6. The number of carboxylic acids is 1. The lowest BCUT2D eigenvalue weighted by Gasteiger charge is -2.31. The smallest absolute Gasteiger partial charge is 0.451 e. The van der Waals surface area contributed by atoms with Gasteiger partial charge >= 0.3 is 13.1 Å². The standard InChI is InChI=1S/C13H26BN3O4/c15-4-5-17-7-9-6-13(16,12(18)19)11(10(9)8-17)2-1-3-14(20)21/h9-11,20-21H,1-8,15-16H2,(H,18,19)/t9-,10+,11-,13-/m0/s1. The summed E-state index contributed by atoms with van der Waals surface area (Å²) in [5, 5.41) is 27.4. The van der Waals surface area contributed by atoms with Crippen LogP contribution in [0.3, 0.4) is 0 Å². The molecule has 0 aromatic heterocycles. The Hall–Kier alpha value is -0.665. The molecule has 8 heteroatoms. The van der Waals surface area contributed by atoms with E-state index in [9.17, 15) is 9.90 Å². The summed E-state index contributed by atoms with van der Waals surface area (Å²) in [5.74, 6) is -0.464. The molecule has 2 fully saturated rings. The zero-order valence-corrected chi connectivity index (χ0v) is 12.3. The summed E-state index contributed by atoms with van der Waals surface area (Å²) in [6.07, 6.45) is 1.96. The first-order valence-electron chi connectivity index (χ1n) is 7.69. The summed E-state index contributed by atoms with van der Waals surface area (Å²) in [7, 11) is -1.34. The highest BCUT2D eigenvalue weighted by Gasteiger charge is 2.57. The molecular weight excluding hydrogens is 273 g/mol. The molecule has 1 heterocycles. The highest BCUT2D eigenvalue weighted by Crippen LogP contribution is 2.49. The fourth-order valence-corrected chi connectivity index (χ4v) is 4.23. The van der Waals surface area contributed by atoms with Crippen molar-refractivity contribution >= 4 is 13.1 Å². The number of hydrogen-bond donors (Lipinski definition) is 5. The maximum atomic E-state index is 11.6. The predicted molar refractivity (Wildman–Crippen MR) is 79.4 cm³/mol. The van der Waals surface area contributed by atoms with Crippen LogP contribution in [-0.2, 0) is 4.79 Å². The number of carbonyl (C=O) groups is 1. The molecule has 0 radical (unpaired) electrons. The number of hydrogen-bond acceptors (Lipinski definition) is 6. The first-order valence-corrected chi connectivity index (χ1v) is 7.69. The van der Waals surface area contributed by atoms with Crippen molar-refractivity contribution in [3.63, 3.8) is 0 Å². The van der Waals surface area contributed by atoms with Gasteiger partial charge in [0.15, 0.2) is 0 Å². The molecular formula is C13H26BN3O4.